The third kappa shape index (κ3) is 5.92. The molecule has 0 unspecified atom stereocenters. The predicted octanol–water partition coefficient (Wildman–Crippen LogP) is 4.54. The monoisotopic (exact) mass is 323 g/mol. The smallest absolute Gasteiger partial charge is 0.246 e. The van der Waals surface area contributed by atoms with Gasteiger partial charge in [0.1, 0.15) is 12.4 Å². The van der Waals surface area contributed by atoms with Gasteiger partial charge in [-0.25, -0.2) is 0 Å². The van der Waals surface area contributed by atoms with Crippen molar-refractivity contribution < 1.29 is 9.53 Å². The van der Waals surface area contributed by atoms with E-state index in [1.807, 2.05) is 67.7 Å². The van der Waals surface area contributed by atoms with Crippen molar-refractivity contribution in [3.63, 3.8) is 0 Å². The Bertz CT molecular complexity index is 665. The summed E-state index contributed by atoms with van der Waals surface area (Å²) in [4.78, 5) is 13.8. The van der Waals surface area contributed by atoms with E-state index in [2.05, 4.69) is 6.92 Å². The molecule has 0 N–H and O–H groups in total. The van der Waals surface area contributed by atoms with E-state index in [1.54, 1.807) is 11.0 Å². The molecule has 3 heteroatoms. The fourth-order valence-electron chi connectivity index (χ4n) is 2.25. The van der Waals surface area contributed by atoms with Crippen molar-refractivity contribution >= 4 is 12.0 Å². The summed E-state index contributed by atoms with van der Waals surface area (Å²) >= 11 is 0. The van der Waals surface area contributed by atoms with Gasteiger partial charge in [-0.2, -0.15) is 0 Å². The van der Waals surface area contributed by atoms with Crippen LogP contribution in [0.4, 0.5) is 0 Å². The minimum atomic E-state index is 0.0269. The van der Waals surface area contributed by atoms with Crippen LogP contribution in [0.2, 0.25) is 0 Å². The summed E-state index contributed by atoms with van der Waals surface area (Å²) in [6, 6.07) is 17.8. The summed E-state index contributed by atoms with van der Waals surface area (Å²) in [7, 11) is 1.84. The van der Waals surface area contributed by atoms with Crippen molar-refractivity contribution in [3.8, 4) is 5.75 Å². The number of rotatable bonds is 8. The van der Waals surface area contributed by atoms with Crippen LogP contribution in [0.3, 0.4) is 0 Å². The second-order valence-corrected chi connectivity index (χ2v) is 5.79. The van der Waals surface area contributed by atoms with Crippen molar-refractivity contribution in [3.05, 3.63) is 71.8 Å². The first-order valence-corrected chi connectivity index (χ1v) is 8.39. The normalized spacial score (nSPS) is 10.8. The van der Waals surface area contributed by atoms with E-state index in [1.165, 1.54) is 0 Å². The zero-order chi connectivity index (χ0) is 17.2. The SMILES string of the molecule is CCCCN(C)C(=O)/C=C/c1cccc(OCc2ccccc2)c1. The van der Waals surface area contributed by atoms with Gasteiger partial charge >= 0.3 is 0 Å². The highest BCUT2D eigenvalue weighted by Gasteiger charge is 2.03. The highest BCUT2D eigenvalue weighted by atomic mass is 16.5. The van der Waals surface area contributed by atoms with Crippen molar-refractivity contribution in [2.75, 3.05) is 13.6 Å². The zero-order valence-corrected chi connectivity index (χ0v) is 14.4. The lowest BCUT2D eigenvalue weighted by atomic mass is 10.2. The van der Waals surface area contributed by atoms with Crippen LogP contribution in [-0.2, 0) is 11.4 Å². The first kappa shape index (κ1) is 17.8. The minimum Gasteiger partial charge on any atom is -0.489 e. The first-order valence-electron chi connectivity index (χ1n) is 8.39. The molecule has 0 spiro atoms. The quantitative estimate of drug-likeness (QED) is 0.668. The van der Waals surface area contributed by atoms with Gasteiger partial charge in [0.2, 0.25) is 5.91 Å². The van der Waals surface area contributed by atoms with E-state index in [9.17, 15) is 4.79 Å². The summed E-state index contributed by atoms with van der Waals surface area (Å²) in [5, 5.41) is 0. The molecule has 1 amide bonds. The van der Waals surface area contributed by atoms with Crippen LogP contribution in [0.15, 0.2) is 60.7 Å². The molecule has 0 aromatic heterocycles. The van der Waals surface area contributed by atoms with Gasteiger partial charge in [-0.1, -0.05) is 55.8 Å². The van der Waals surface area contributed by atoms with Crippen LogP contribution in [-0.4, -0.2) is 24.4 Å². The van der Waals surface area contributed by atoms with Crippen molar-refractivity contribution in [1.82, 2.24) is 4.90 Å². The predicted molar refractivity (Wildman–Crippen MR) is 98.8 cm³/mol. The van der Waals surface area contributed by atoms with Crippen molar-refractivity contribution in [2.45, 2.75) is 26.4 Å². The lowest BCUT2D eigenvalue weighted by Gasteiger charge is -2.14. The Labute approximate surface area is 144 Å². The maximum atomic E-state index is 12.0. The molecule has 0 heterocycles. The summed E-state index contributed by atoms with van der Waals surface area (Å²) < 4.78 is 5.81. The van der Waals surface area contributed by atoms with Crippen LogP contribution in [0.25, 0.3) is 6.08 Å². The Kier molecular flexibility index (Phi) is 7.09. The van der Waals surface area contributed by atoms with Crippen molar-refractivity contribution in [1.29, 1.82) is 0 Å². The van der Waals surface area contributed by atoms with Gasteiger partial charge in [-0.15, -0.1) is 0 Å². The third-order valence-electron chi connectivity index (χ3n) is 3.75. The lowest BCUT2D eigenvalue weighted by molar-refractivity contribution is -0.124. The number of hydrogen-bond acceptors (Lipinski definition) is 2. The molecular formula is C21H25NO2. The maximum absolute atomic E-state index is 12.0. The van der Waals surface area contributed by atoms with Crippen LogP contribution in [0.1, 0.15) is 30.9 Å². The fraction of sp³-hybridized carbons (Fsp3) is 0.286. The Morgan fingerprint density at radius 1 is 1.12 bits per heavy atom. The van der Waals surface area contributed by atoms with Gasteiger partial charge < -0.3 is 9.64 Å². The van der Waals surface area contributed by atoms with E-state index in [0.29, 0.717) is 6.61 Å². The van der Waals surface area contributed by atoms with Crippen LogP contribution in [0, 0.1) is 0 Å². The summed E-state index contributed by atoms with van der Waals surface area (Å²) in [5.41, 5.74) is 2.09. The topological polar surface area (TPSA) is 29.5 Å². The summed E-state index contributed by atoms with van der Waals surface area (Å²) in [6.07, 6.45) is 5.56. The highest BCUT2D eigenvalue weighted by molar-refractivity contribution is 5.91. The van der Waals surface area contributed by atoms with E-state index in [-0.39, 0.29) is 5.91 Å². The Morgan fingerprint density at radius 2 is 1.92 bits per heavy atom. The Morgan fingerprint density at radius 3 is 2.67 bits per heavy atom. The van der Waals surface area contributed by atoms with Crippen LogP contribution in [0.5, 0.6) is 5.75 Å². The third-order valence-corrected chi connectivity index (χ3v) is 3.75. The Hall–Kier alpha value is -2.55. The zero-order valence-electron chi connectivity index (χ0n) is 14.4. The second-order valence-electron chi connectivity index (χ2n) is 5.79. The summed E-state index contributed by atoms with van der Waals surface area (Å²) in [5.74, 6) is 0.826. The molecule has 0 aliphatic heterocycles. The second kappa shape index (κ2) is 9.56. The highest BCUT2D eigenvalue weighted by Crippen LogP contribution is 2.16. The van der Waals surface area contributed by atoms with E-state index in [4.69, 9.17) is 4.74 Å². The minimum absolute atomic E-state index is 0.0269. The molecule has 2 rings (SSSR count). The van der Waals surface area contributed by atoms with Crippen LogP contribution >= 0.6 is 0 Å². The van der Waals surface area contributed by atoms with E-state index < -0.39 is 0 Å². The molecule has 0 bridgehead atoms. The molecule has 126 valence electrons. The molecule has 0 saturated heterocycles. The molecule has 0 aliphatic rings. The average molecular weight is 323 g/mol. The molecule has 0 fully saturated rings. The standard InChI is InChI=1S/C21H25NO2/c1-3-4-15-22(2)21(23)14-13-18-11-8-12-20(16-18)24-17-19-9-6-5-7-10-19/h5-14,16H,3-4,15,17H2,1-2H3/b14-13+. The maximum Gasteiger partial charge on any atom is 0.246 e. The lowest BCUT2D eigenvalue weighted by Crippen LogP contribution is -2.25. The summed E-state index contributed by atoms with van der Waals surface area (Å²) in [6.45, 7) is 3.45. The molecule has 0 saturated carbocycles. The van der Waals surface area contributed by atoms with Gasteiger partial charge in [-0.3, -0.25) is 4.79 Å². The first-order chi connectivity index (χ1) is 11.7. The van der Waals surface area contributed by atoms with Gasteiger partial charge in [0.05, 0.1) is 0 Å². The number of carbonyl (C=O) groups is 1. The average Bonchev–Trinajstić information content (AvgIpc) is 2.63. The number of amides is 1. The molecule has 0 radical (unpaired) electrons. The molecule has 0 atom stereocenters. The number of likely N-dealkylation sites (N-methyl/N-ethyl adjacent to an activating group) is 1. The number of hydrogen-bond donors (Lipinski definition) is 0. The molecule has 24 heavy (non-hydrogen) atoms. The molecule has 3 nitrogen and oxygen atoms in total. The molecule has 2 aromatic carbocycles. The van der Waals surface area contributed by atoms with Crippen molar-refractivity contribution in [2.24, 2.45) is 0 Å². The van der Waals surface area contributed by atoms with Gasteiger partial charge in [0, 0.05) is 19.7 Å². The van der Waals surface area contributed by atoms with E-state index >= 15 is 0 Å². The fourth-order valence-corrected chi connectivity index (χ4v) is 2.25. The Balaban J connectivity index is 1.92. The van der Waals surface area contributed by atoms with Gasteiger partial charge in [0.25, 0.3) is 0 Å². The van der Waals surface area contributed by atoms with Gasteiger partial charge in [0.15, 0.2) is 0 Å². The van der Waals surface area contributed by atoms with E-state index in [0.717, 1.165) is 36.3 Å². The largest absolute Gasteiger partial charge is 0.489 e. The number of benzene rings is 2. The van der Waals surface area contributed by atoms with Crippen LogP contribution < -0.4 is 4.74 Å². The number of nitrogens with zero attached hydrogens (tertiary/aromatic N) is 1. The molecule has 0 aliphatic carbocycles. The molecular weight excluding hydrogens is 298 g/mol. The molecule has 2 aromatic rings. The number of unbranched alkanes of at least 4 members (excludes halogenated alkanes) is 1. The number of carbonyl (C=O) groups excluding carboxylic acids is 1. The van der Waals surface area contributed by atoms with Gasteiger partial charge in [-0.05, 0) is 35.8 Å². The number of ether oxygens (including phenoxy) is 1.